The average molecular weight is 335 g/mol. The molecule has 0 saturated carbocycles. The highest BCUT2D eigenvalue weighted by Crippen LogP contribution is 2.15. The van der Waals surface area contributed by atoms with Crippen LogP contribution >= 0.6 is 0 Å². The van der Waals surface area contributed by atoms with Gasteiger partial charge < -0.3 is 10.6 Å². The first-order valence-corrected chi connectivity index (χ1v) is 7.94. The number of halogens is 1. The number of hydrogen-bond donors (Lipinski definition) is 2. The van der Waals surface area contributed by atoms with Gasteiger partial charge in [-0.15, -0.1) is 0 Å². The Morgan fingerprint density at radius 3 is 2.46 bits per heavy atom. The summed E-state index contributed by atoms with van der Waals surface area (Å²) in [6.07, 6.45) is 0.536. The quantitative estimate of drug-likeness (QED) is 0.780. The average Bonchev–Trinajstić information content (AvgIpc) is 2.74. The third kappa shape index (κ3) is 4.31. The van der Waals surface area contributed by atoms with Crippen LogP contribution in [0.2, 0.25) is 0 Å². The fourth-order valence-electron chi connectivity index (χ4n) is 2.62. The maximum absolute atomic E-state index is 12.9. The van der Waals surface area contributed by atoms with Crippen LogP contribution in [0, 0.1) is 11.7 Å². The van der Waals surface area contributed by atoms with Gasteiger partial charge in [0.05, 0.1) is 6.04 Å². The van der Waals surface area contributed by atoms with Crippen LogP contribution in [-0.4, -0.2) is 35.3 Å². The van der Waals surface area contributed by atoms with E-state index in [1.54, 1.807) is 19.1 Å². The lowest BCUT2D eigenvalue weighted by molar-refractivity contribution is -0.132. The topological polar surface area (TPSA) is 78.5 Å². The highest BCUT2D eigenvalue weighted by molar-refractivity contribution is 6.06. The summed E-state index contributed by atoms with van der Waals surface area (Å²) in [5, 5.41) is 5.30. The molecule has 0 unspecified atom stereocenters. The van der Waals surface area contributed by atoms with Crippen LogP contribution in [0.5, 0.6) is 0 Å². The highest BCUT2D eigenvalue weighted by atomic mass is 19.1. The van der Waals surface area contributed by atoms with Crippen LogP contribution in [0.25, 0.3) is 0 Å². The van der Waals surface area contributed by atoms with Crippen molar-refractivity contribution in [1.82, 2.24) is 15.5 Å². The summed E-state index contributed by atoms with van der Waals surface area (Å²) >= 11 is 0. The van der Waals surface area contributed by atoms with Gasteiger partial charge in [0.15, 0.2) is 0 Å². The number of carbonyl (C=O) groups is 3. The van der Waals surface area contributed by atoms with Gasteiger partial charge in [0, 0.05) is 0 Å². The molecule has 1 aromatic rings. The van der Waals surface area contributed by atoms with Gasteiger partial charge in [0.2, 0.25) is 5.91 Å². The highest BCUT2D eigenvalue weighted by Gasteiger charge is 2.39. The monoisotopic (exact) mass is 335 g/mol. The summed E-state index contributed by atoms with van der Waals surface area (Å²) in [5.74, 6) is -0.918. The lowest BCUT2D eigenvalue weighted by Crippen LogP contribution is -2.41. The van der Waals surface area contributed by atoms with Gasteiger partial charge in [-0.3, -0.25) is 14.5 Å². The van der Waals surface area contributed by atoms with E-state index in [-0.39, 0.29) is 30.2 Å². The lowest BCUT2D eigenvalue weighted by Gasteiger charge is -2.17. The van der Waals surface area contributed by atoms with Crippen LogP contribution in [0.1, 0.15) is 38.8 Å². The van der Waals surface area contributed by atoms with Crippen molar-refractivity contribution in [1.29, 1.82) is 0 Å². The number of nitrogens with one attached hydrogen (secondary N) is 2. The molecule has 1 aromatic carbocycles. The number of amides is 4. The van der Waals surface area contributed by atoms with E-state index in [0.717, 1.165) is 10.5 Å². The molecule has 2 N–H and O–H groups in total. The van der Waals surface area contributed by atoms with Gasteiger partial charge in [0.25, 0.3) is 5.91 Å². The van der Waals surface area contributed by atoms with Gasteiger partial charge in [0.1, 0.15) is 18.4 Å². The second-order valence-corrected chi connectivity index (χ2v) is 6.40. The van der Waals surface area contributed by atoms with Crippen LogP contribution in [-0.2, 0) is 9.59 Å². The van der Waals surface area contributed by atoms with Crippen molar-refractivity contribution < 1.29 is 18.8 Å². The third-order valence-corrected chi connectivity index (χ3v) is 3.86. The first-order chi connectivity index (χ1) is 11.3. The van der Waals surface area contributed by atoms with Crippen LogP contribution in [0.4, 0.5) is 9.18 Å². The Morgan fingerprint density at radius 2 is 1.88 bits per heavy atom. The molecule has 1 fully saturated rings. The molecule has 7 heteroatoms. The molecule has 0 aliphatic carbocycles. The molecule has 2 rings (SSSR count). The summed E-state index contributed by atoms with van der Waals surface area (Å²) in [4.78, 5) is 37.1. The summed E-state index contributed by atoms with van der Waals surface area (Å²) < 4.78 is 12.9. The van der Waals surface area contributed by atoms with E-state index in [1.165, 1.54) is 12.1 Å². The van der Waals surface area contributed by atoms with E-state index in [4.69, 9.17) is 0 Å². The minimum atomic E-state index is -0.570. The Labute approximate surface area is 140 Å². The molecule has 0 aromatic heterocycles. The summed E-state index contributed by atoms with van der Waals surface area (Å²) in [6, 6.07) is 4.30. The summed E-state index contributed by atoms with van der Waals surface area (Å²) in [7, 11) is 0. The van der Waals surface area contributed by atoms with E-state index in [1.807, 2.05) is 13.8 Å². The van der Waals surface area contributed by atoms with Crippen molar-refractivity contribution in [3.05, 3.63) is 35.6 Å². The normalized spacial score (nSPS) is 18.7. The molecule has 0 bridgehead atoms. The second-order valence-electron chi connectivity index (χ2n) is 6.40. The zero-order valence-corrected chi connectivity index (χ0v) is 14.0. The van der Waals surface area contributed by atoms with Crippen molar-refractivity contribution in [2.24, 2.45) is 5.92 Å². The van der Waals surface area contributed by atoms with E-state index in [2.05, 4.69) is 10.6 Å². The summed E-state index contributed by atoms with van der Waals surface area (Å²) in [6.45, 7) is 5.34. The Bertz CT molecular complexity index is 630. The van der Waals surface area contributed by atoms with Gasteiger partial charge in [-0.25, -0.2) is 9.18 Å². The molecule has 1 aliphatic heterocycles. The zero-order chi connectivity index (χ0) is 17.9. The van der Waals surface area contributed by atoms with E-state index in [9.17, 15) is 18.8 Å². The standard InChI is InChI=1S/C17H22FN3O3/c1-10(2)8-14-16(23)21(17(24)20-14)9-15(22)19-11(3)12-4-6-13(18)7-5-12/h4-7,10-11,14H,8-9H2,1-3H3,(H,19,22)(H,20,24)/t11-,14-/m0/s1. The minimum absolute atomic E-state index is 0.256. The largest absolute Gasteiger partial charge is 0.348 e. The van der Waals surface area contributed by atoms with Crippen molar-refractivity contribution in [3.63, 3.8) is 0 Å². The fraction of sp³-hybridized carbons (Fsp3) is 0.471. The number of carbonyl (C=O) groups excluding carboxylic acids is 3. The third-order valence-electron chi connectivity index (χ3n) is 3.86. The van der Waals surface area contributed by atoms with Crippen molar-refractivity contribution in [2.75, 3.05) is 6.54 Å². The van der Waals surface area contributed by atoms with Gasteiger partial charge in [-0.1, -0.05) is 26.0 Å². The van der Waals surface area contributed by atoms with E-state index in [0.29, 0.717) is 6.42 Å². The molecular weight excluding hydrogens is 313 g/mol. The SMILES string of the molecule is CC(C)C[C@@H]1NC(=O)N(CC(=O)N[C@@H](C)c2ccc(F)cc2)C1=O. The molecule has 6 nitrogen and oxygen atoms in total. The first kappa shape index (κ1) is 17.9. The van der Waals surface area contributed by atoms with Crippen LogP contribution in [0.15, 0.2) is 24.3 Å². The van der Waals surface area contributed by atoms with Crippen molar-refractivity contribution >= 4 is 17.8 Å². The number of nitrogens with zero attached hydrogens (tertiary/aromatic N) is 1. The number of benzene rings is 1. The molecule has 0 radical (unpaired) electrons. The molecule has 24 heavy (non-hydrogen) atoms. The molecule has 0 spiro atoms. The van der Waals surface area contributed by atoms with Crippen LogP contribution in [0.3, 0.4) is 0 Å². The lowest BCUT2D eigenvalue weighted by atomic mass is 10.0. The van der Waals surface area contributed by atoms with Crippen molar-refractivity contribution in [2.45, 2.75) is 39.3 Å². The number of rotatable bonds is 6. The summed E-state index contributed by atoms with van der Waals surface area (Å²) in [5.41, 5.74) is 0.736. The number of imide groups is 1. The number of hydrogen-bond acceptors (Lipinski definition) is 3. The maximum Gasteiger partial charge on any atom is 0.325 e. The molecule has 1 aliphatic rings. The van der Waals surface area contributed by atoms with Gasteiger partial charge in [-0.05, 0) is 37.0 Å². The molecule has 130 valence electrons. The van der Waals surface area contributed by atoms with Crippen LogP contribution < -0.4 is 10.6 Å². The first-order valence-electron chi connectivity index (χ1n) is 7.94. The number of urea groups is 1. The minimum Gasteiger partial charge on any atom is -0.348 e. The Morgan fingerprint density at radius 1 is 1.25 bits per heavy atom. The fourth-order valence-corrected chi connectivity index (χ4v) is 2.62. The molecule has 2 atom stereocenters. The zero-order valence-electron chi connectivity index (χ0n) is 14.0. The van der Waals surface area contributed by atoms with E-state index < -0.39 is 18.0 Å². The Kier molecular flexibility index (Phi) is 5.54. The van der Waals surface area contributed by atoms with Gasteiger partial charge >= 0.3 is 6.03 Å². The molecule has 1 heterocycles. The predicted octanol–water partition coefficient (Wildman–Crippen LogP) is 1.97. The Hall–Kier alpha value is -2.44. The molecule has 4 amide bonds. The molecule has 1 saturated heterocycles. The maximum atomic E-state index is 12.9. The smallest absolute Gasteiger partial charge is 0.325 e. The Balaban J connectivity index is 1.93. The second kappa shape index (κ2) is 7.42. The van der Waals surface area contributed by atoms with E-state index >= 15 is 0 Å². The molecular formula is C17H22FN3O3. The van der Waals surface area contributed by atoms with Crippen molar-refractivity contribution in [3.8, 4) is 0 Å². The predicted molar refractivity (Wildman–Crippen MR) is 86.4 cm³/mol. The van der Waals surface area contributed by atoms with Gasteiger partial charge in [-0.2, -0.15) is 0 Å².